The number of rotatable bonds is 3. The Morgan fingerprint density at radius 3 is 3.05 bits per heavy atom. The lowest BCUT2D eigenvalue weighted by Crippen LogP contribution is -2.42. The van der Waals surface area contributed by atoms with Gasteiger partial charge in [0.25, 0.3) is 0 Å². The van der Waals surface area contributed by atoms with Gasteiger partial charge in [0, 0.05) is 31.4 Å². The fraction of sp³-hybridized carbons (Fsp3) is 0.500. The molecule has 112 valence electrons. The Labute approximate surface area is 124 Å². The minimum Gasteiger partial charge on any atom is -0.332 e. The number of carbonyl (C=O) groups excluding carboxylic acids is 1. The molecule has 1 aliphatic rings. The van der Waals surface area contributed by atoms with Crippen molar-refractivity contribution in [1.29, 1.82) is 0 Å². The Morgan fingerprint density at radius 2 is 2.29 bits per heavy atom. The molecule has 2 N–H and O–H groups in total. The summed E-state index contributed by atoms with van der Waals surface area (Å²) in [4.78, 5) is 19.0. The highest BCUT2D eigenvalue weighted by atomic mass is 16.2. The van der Waals surface area contributed by atoms with Crippen molar-refractivity contribution in [2.24, 2.45) is 5.73 Å². The van der Waals surface area contributed by atoms with Crippen LogP contribution in [0.5, 0.6) is 0 Å². The van der Waals surface area contributed by atoms with E-state index in [1.807, 2.05) is 39.9 Å². The van der Waals surface area contributed by atoms with Gasteiger partial charge in [0.1, 0.15) is 5.65 Å². The van der Waals surface area contributed by atoms with E-state index in [4.69, 9.17) is 5.73 Å². The highest BCUT2D eigenvalue weighted by Crippen LogP contribution is 2.29. The second-order valence-corrected chi connectivity index (χ2v) is 5.72. The normalized spacial score (nSPS) is 23.5. The van der Waals surface area contributed by atoms with Gasteiger partial charge in [0.15, 0.2) is 0 Å². The molecule has 5 heteroatoms. The molecular formula is C16H22N4O. The van der Waals surface area contributed by atoms with Crippen LogP contribution < -0.4 is 5.73 Å². The van der Waals surface area contributed by atoms with Crippen molar-refractivity contribution in [2.45, 2.75) is 44.7 Å². The van der Waals surface area contributed by atoms with E-state index in [1.165, 1.54) is 0 Å². The van der Waals surface area contributed by atoms with Crippen LogP contribution in [-0.2, 0) is 4.79 Å². The molecule has 2 atom stereocenters. The molecule has 0 spiro atoms. The zero-order valence-corrected chi connectivity index (χ0v) is 12.4. The van der Waals surface area contributed by atoms with Gasteiger partial charge in [-0.15, -0.1) is 0 Å². The lowest BCUT2D eigenvalue weighted by Gasteiger charge is -2.32. The summed E-state index contributed by atoms with van der Waals surface area (Å²) in [6.07, 6.45) is 7.23. The van der Waals surface area contributed by atoms with Gasteiger partial charge in [0.05, 0.1) is 11.7 Å². The van der Waals surface area contributed by atoms with Crippen molar-refractivity contribution < 1.29 is 4.79 Å². The van der Waals surface area contributed by atoms with Gasteiger partial charge < -0.3 is 15.0 Å². The Kier molecular flexibility index (Phi) is 3.92. The zero-order valence-electron chi connectivity index (χ0n) is 12.4. The maximum absolute atomic E-state index is 12.4. The number of hydrogen-bond acceptors (Lipinski definition) is 3. The van der Waals surface area contributed by atoms with Gasteiger partial charge in [-0.3, -0.25) is 4.79 Å². The van der Waals surface area contributed by atoms with E-state index < -0.39 is 0 Å². The fourth-order valence-electron chi connectivity index (χ4n) is 3.16. The Hall–Kier alpha value is -1.88. The summed E-state index contributed by atoms with van der Waals surface area (Å²) in [6.45, 7) is 2.83. The molecule has 2 unspecified atom stereocenters. The summed E-state index contributed by atoms with van der Waals surface area (Å²) in [5.74, 6) is 0.201. The molecule has 0 radical (unpaired) electrons. The van der Waals surface area contributed by atoms with Crippen LogP contribution in [0.2, 0.25) is 0 Å². The lowest BCUT2D eigenvalue weighted by molar-refractivity contribution is -0.133. The Morgan fingerprint density at radius 1 is 1.43 bits per heavy atom. The second-order valence-electron chi connectivity index (χ2n) is 5.72. The summed E-state index contributed by atoms with van der Waals surface area (Å²) in [5, 5.41) is 0. The summed E-state index contributed by atoms with van der Waals surface area (Å²) in [5.41, 5.74) is 8.17. The maximum atomic E-state index is 12.4. The molecule has 3 rings (SSSR count). The van der Waals surface area contributed by atoms with E-state index in [1.54, 1.807) is 0 Å². The van der Waals surface area contributed by atoms with Gasteiger partial charge in [-0.05, 0) is 31.4 Å². The van der Waals surface area contributed by atoms with Gasteiger partial charge in [-0.25, -0.2) is 4.98 Å². The van der Waals surface area contributed by atoms with Crippen molar-refractivity contribution in [3.8, 4) is 0 Å². The van der Waals surface area contributed by atoms with Crippen LogP contribution in [0.4, 0.5) is 0 Å². The van der Waals surface area contributed by atoms with Crippen LogP contribution in [-0.4, -0.2) is 32.8 Å². The van der Waals surface area contributed by atoms with E-state index >= 15 is 0 Å². The van der Waals surface area contributed by atoms with Crippen LogP contribution >= 0.6 is 0 Å². The third-order valence-corrected chi connectivity index (χ3v) is 4.14. The lowest BCUT2D eigenvalue weighted by atomic mass is 10.0. The fourth-order valence-corrected chi connectivity index (χ4v) is 3.16. The topological polar surface area (TPSA) is 63.6 Å². The van der Waals surface area contributed by atoms with Crippen molar-refractivity contribution in [1.82, 2.24) is 14.3 Å². The molecule has 0 aliphatic carbocycles. The van der Waals surface area contributed by atoms with Crippen molar-refractivity contribution >= 4 is 11.6 Å². The second kappa shape index (κ2) is 5.85. The van der Waals surface area contributed by atoms with E-state index in [9.17, 15) is 4.79 Å². The van der Waals surface area contributed by atoms with Crippen LogP contribution in [0.1, 0.15) is 44.3 Å². The number of hydrogen-bond donors (Lipinski definition) is 1. The Bertz CT molecular complexity index is 603. The highest BCUT2D eigenvalue weighted by molar-refractivity contribution is 5.77. The number of nitrogens with two attached hydrogens (primary N) is 1. The predicted octanol–water partition coefficient (Wildman–Crippen LogP) is 2.13. The van der Waals surface area contributed by atoms with E-state index in [0.717, 1.165) is 37.1 Å². The number of amides is 1. The van der Waals surface area contributed by atoms with E-state index in [0.29, 0.717) is 6.42 Å². The third kappa shape index (κ3) is 2.65. The van der Waals surface area contributed by atoms with Gasteiger partial charge in [-0.1, -0.05) is 13.0 Å². The first-order valence-corrected chi connectivity index (χ1v) is 7.69. The number of pyridine rings is 1. The quantitative estimate of drug-likeness (QED) is 0.940. The average Bonchev–Trinajstić information content (AvgIpc) is 2.84. The number of fused-ring (bicyclic) bond motifs is 1. The summed E-state index contributed by atoms with van der Waals surface area (Å²) >= 11 is 0. The van der Waals surface area contributed by atoms with E-state index in [-0.39, 0.29) is 18.0 Å². The van der Waals surface area contributed by atoms with Gasteiger partial charge in [-0.2, -0.15) is 0 Å². The third-order valence-electron chi connectivity index (χ3n) is 4.14. The van der Waals surface area contributed by atoms with Crippen LogP contribution in [0, 0.1) is 0 Å². The van der Waals surface area contributed by atoms with Crippen molar-refractivity contribution in [3.63, 3.8) is 0 Å². The SMILES string of the molecule is CCCN1C(=O)CCCC(N)C1c1cn2ccccc2n1. The monoisotopic (exact) mass is 286 g/mol. The highest BCUT2D eigenvalue weighted by Gasteiger charge is 2.33. The van der Waals surface area contributed by atoms with Crippen molar-refractivity contribution in [2.75, 3.05) is 6.54 Å². The van der Waals surface area contributed by atoms with Crippen LogP contribution in [0.3, 0.4) is 0 Å². The zero-order chi connectivity index (χ0) is 14.8. The molecule has 0 saturated carbocycles. The maximum Gasteiger partial charge on any atom is 0.223 e. The molecule has 0 bridgehead atoms. The van der Waals surface area contributed by atoms with Crippen molar-refractivity contribution in [3.05, 3.63) is 36.3 Å². The predicted molar refractivity (Wildman–Crippen MR) is 81.8 cm³/mol. The molecule has 3 heterocycles. The first-order valence-electron chi connectivity index (χ1n) is 7.69. The van der Waals surface area contributed by atoms with Gasteiger partial charge >= 0.3 is 0 Å². The molecule has 5 nitrogen and oxygen atoms in total. The molecule has 2 aromatic rings. The minimum atomic E-state index is -0.111. The summed E-state index contributed by atoms with van der Waals surface area (Å²) in [6, 6.07) is 5.75. The smallest absolute Gasteiger partial charge is 0.223 e. The number of nitrogens with zero attached hydrogens (tertiary/aromatic N) is 3. The first kappa shape index (κ1) is 14.1. The first-order chi connectivity index (χ1) is 10.2. The molecule has 1 fully saturated rings. The van der Waals surface area contributed by atoms with E-state index in [2.05, 4.69) is 11.9 Å². The number of imidazole rings is 1. The summed E-state index contributed by atoms with van der Waals surface area (Å²) < 4.78 is 1.99. The molecule has 1 saturated heterocycles. The molecule has 0 aromatic carbocycles. The average molecular weight is 286 g/mol. The van der Waals surface area contributed by atoms with Crippen LogP contribution in [0.25, 0.3) is 5.65 Å². The van der Waals surface area contributed by atoms with Gasteiger partial charge in [0.2, 0.25) is 5.91 Å². The Balaban J connectivity index is 2.03. The molecular weight excluding hydrogens is 264 g/mol. The van der Waals surface area contributed by atoms with Crippen LogP contribution in [0.15, 0.2) is 30.6 Å². The summed E-state index contributed by atoms with van der Waals surface area (Å²) in [7, 11) is 0. The standard InChI is InChI=1S/C16H22N4O/c1-2-9-20-15(21)8-5-6-12(17)16(20)13-11-19-10-4-3-7-14(19)18-13/h3-4,7,10-12,16H,2,5-6,8-9,17H2,1H3. The molecule has 21 heavy (non-hydrogen) atoms. The number of likely N-dealkylation sites (tertiary alicyclic amines) is 1. The molecule has 2 aromatic heterocycles. The minimum absolute atomic E-state index is 0.0482. The largest absolute Gasteiger partial charge is 0.332 e. The molecule has 1 aliphatic heterocycles. The number of carbonyl (C=O) groups is 1. The molecule has 1 amide bonds. The number of aromatic nitrogens is 2.